The molecular weight excluding hydrogens is 408 g/mol. The minimum absolute atomic E-state index is 0.0848. The molecule has 0 aliphatic carbocycles. The maximum absolute atomic E-state index is 13.0. The summed E-state index contributed by atoms with van der Waals surface area (Å²) in [5.41, 5.74) is 0.227. The number of piperazine rings is 2. The molecule has 2 saturated heterocycles. The van der Waals surface area contributed by atoms with Crippen LogP contribution in [0.3, 0.4) is 0 Å². The molecule has 2 aromatic heterocycles. The average molecular weight is 435 g/mol. The predicted molar refractivity (Wildman–Crippen MR) is 122 cm³/mol. The second-order valence-corrected chi connectivity index (χ2v) is 8.28. The monoisotopic (exact) mass is 434 g/mol. The number of anilines is 2. The summed E-state index contributed by atoms with van der Waals surface area (Å²) in [6, 6.07) is 10.3. The first kappa shape index (κ1) is 20.4. The number of aromatic nitrogens is 2. The van der Waals surface area contributed by atoms with Crippen LogP contribution >= 0.6 is 0 Å². The van der Waals surface area contributed by atoms with Gasteiger partial charge in [0.05, 0.1) is 5.39 Å². The Morgan fingerprint density at radius 1 is 0.875 bits per heavy atom. The van der Waals surface area contributed by atoms with Crippen LogP contribution in [0.4, 0.5) is 11.6 Å². The fourth-order valence-electron chi connectivity index (χ4n) is 4.22. The van der Waals surface area contributed by atoms with Gasteiger partial charge in [0.25, 0.3) is 5.91 Å². The molecule has 32 heavy (non-hydrogen) atoms. The third-order valence-electron chi connectivity index (χ3n) is 6.20. The molecule has 0 unspecified atom stereocenters. The number of benzene rings is 1. The first-order valence-corrected chi connectivity index (χ1v) is 10.9. The van der Waals surface area contributed by atoms with Crippen LogP contribution in [0.5, 0.6) is 0 Å². The van der Waals surface area contributed by atoms with Crippen LogP contribution < -0.4 is 15.2 Å². The van der Waals surface area contributed by atoms with E-state index in [0.717, 1.165) is 37.8 Å². The zero-order valence-corrected chi connectivity index (χ0v) is 18.1. The molecular formula is C23H26N6O3. The molecule has 0 saturated carbocycles. The highest BCUT2D eigenvalue weighted by Gasteiger charge is 2.26. The lowest BCUT2D eigenvalue weighted by atomic mass is 10.2. The summed E-state index contributed by atoms with van der Waals surface area (Å²) in [5, 5.41) is 0.480. The van der Waals surface area contributed by atoms with Gasteiger partial charge in [0.15, 0.2) is 11.2 Å². The molecule has 166 valence electrons. The molecule has 9 nitrogen and oxygen atoms in total. The van der Waals surface area contributed by atoms with Crippen molar-refractivity contribution in [2.24, 2.45) is 0 Å². The number of nitrogens with zero attached hydrogens (tertiary/aromatic N) is 6. The fraction of sp³-hybridized carbons (Fsp3) is 0.391. The molecule has 1 amide bonds. The summed E-state index contributed by atoms with van der Waals surface area (Å²) >= 11 is 0. The largest absolute Gasteiger partial charge is 0.451 e. The Morgan fingerprint density at radius 3 is 2.19 bits per heavy atom. The number of hydrogen-bond acceptors (Lipinski definition) is 8. The lowest BCUT2D eigenvalue weighted by Gasteiger charge is -2.36. The van der Waals surface area contributed by atoms with Gasteiger partial charge < -0.3 is 24.0 Å². The van der Waals surface area contributed by atoms with Gasteiger partial charge in [-0.15, -0.1) is 0 Å². The molecule has 5 rings (SSSR count). The normalized spacial score (nSPS) is 17.7. The standard InChI is InChI=1S/C23H26N6O3/c1-26-6-8-27(9-7-26)21-15-22(25-16-24-21)28-10-12-29(13-11-28)23(31)20-14-18(30)17-4-2-3-5-19(17)32-20/h2-5,14-16H,6-13H2,1H3. The summed E-state index contributed by atoms with van der Waals surface area (Å²) in [6.45, 7) is 6.31. The van der Waals surface area contributed by atoms with E-state index in [1.807, 2.05) is 6.07 Å². The highest BCUT2D eigenvalue weighted by Crippen LogP contribution is 2.21. The van der Waals surface area contributed by atoms with Crippen LogP contribution in [0.15, 0.2) is 51.9 Å². The van der Waals surface area contributed by atoms with Crippen LogP contribution in [0.2, 0.25) is 0 Å². The number of carbonyl (C=O) groups excluding carboxylic acids is 1. The van der Waals surface area contributed by atoms with Gasteiger partial charge in [-0.05, 0) is 19.2 Å². The summed E-state index contributed by atoms with van der Waals surface area (Å²) < 4.78 is 5.73. The molecule has 1 aromatic carbocycles. The summed E-state index contributed by atoms with van der Waals surface area (Å²) in [4.78, 5) is 42.7. The van der Waals surface area contributed by atoms with E-state index in [1.54, 1.807) is 35.5 Å². The molecule has 3 aromatic rings. The Balaban J connectivity index is 1.26. The highest BCUT2D eigenvalue weighted by atomic mass is 16.3. The number of rotatable bonds is 3. The van der Waals surface area contributed by atoms with E-state index < -0.39 is 0 Å². The minimum atomic E-state index is -0.256. The van der Waals surface area contributed by atoms with Gasteiger partial charge in [0, 0.05) is 64.5 Å². The number of amides is 1. The number of carbonyl (C=O) groups is 1. The Labute approximate surface area is 185 Å². The number of para-hydroxylation sites is 1. The van der Waals surface area contributed by atoms with Gasteiger partial charge >= 0.3 is 0 Å². The van der Waals surface area contributed by atoms with Crippen molar-refractivity contribution >= 4 is 28.5 Å². The van der Waals surface area contributed by atoms with E-state index >= 15 is 0 Å². The summed E-state index contributed by atoms with van der Waals surface area (Å²) in [5.74, 6) is 1.65. The smallest absolute Gasteiger partial charge is 0.289 e. The van der Waals surface area contributed by atoms with Crippen molar-refractivity contribution < 1.29 is 9.21 Å². The summed E-state index contributed by atoms with van der Waals surface area (Å²) in [6.07, 6.45) is 1.62. The highest BCUT2D eigenvalue weighted by molar-refractivity contribution is 5.93. The van der Waals surface area contributed by atoms with Crippen molar-refractivity contribution in [3.63, 3.8) is 0 Å². The van der Waals surface area contributed by atoms with Crippen LogP contribution in [0.25, 0.3) is 11.0 Å². The third-order valence-corrected chi connectivity index (χ3v) is 6.20. The zero-order chi connectivity index (χ0) is 22.1. The Kier molecular flexibility index (Phi) is 5.48. The zero-order valence-electron chi connectivity index (χ0n) is 18.1. The second-order valence-electron chi connectivity index (χ2n) is 8.28. The van der Waals surface area contributed by atoms with Gasteiger partial charge in [0.1, 0.15) is 23.5 Å². The summed E-state index contributed by atoms with van der Waals surface area (Å²) in [7, 11) is 2.13. The first-order chi connectivity index (χ1) is 15.6. The van der Waals surface area contributed by atoms with E-state index in [-0.39, 0.29) is 17.1 Å². The van der Waals surface area contributed by atoms with Gasteiger partial charge in [0.2, 0.25) is 0 Å². The maximum atomic E-state index is 13.0. The first-order valence-electron chi connectivity index (χ1n) is 10.9. The third kappa shape index (κ3) is 4.03. The molecule has 9 heteroatoms. The van der Waals surface area contributed by atoms with Gasteiger partial charge in [-0.25, -0.2) is 9.97 Å². The molecule has 4 heterocycles. The SMILES string of the molecule is CN1CCN(c2cc(N3CCN(C(=O)c4cc(=O)c5ccccc5o4)CC3)ncn2)CC1. The van der Waals surface area contributed by atoms with Gasteiger partial charge in [-0.3, -0.25) is 9.59 Å². The molecule has 0 spiro atoms. The topological polar surface area (TPSA) is 86.0 Å². The van der Waals surface area contributed by atoms with Gasteiger partial charge in [-0.2, -0.15) is 0 Å². The number of fused-ring (bicyclic) bond motifs is 1. The van der Waals surface area contributed by atoms with Crippen LogP contribution in [-0.4, -0.2) is 85.1 Å². The fourth-order valence-corrected chi connectivity index (χ4v) is 4.22. The quantitative estimate of drug-likeness (QED) is 0.610. The van der Waals surface area contributed by atoms with E-state index in [0.29, 0.717) is 37.1 Å². The Hall–Kier alpha value is -3.46. The van der Waals surface area contributed by atoms with Gasteiger partial charge in [-0.1, -0.05) is 12.1 Å². The van der Waals surface area contributed by atoms with Crippen molar-refractivity contribution in [1.29, 1.82) is 0 Å². The number of likely N-dealkylation sites (N-methyl/N-ethyl adjacent to an activating group) is 1. The van der Waals surface area contributed by atoms with Crippen molar-refractivity contribution in [3.8, 4) is 0 Å². The van der Waals surface area contributed by atoms with Crippen molar-refractivity contribution in [2.45, 2.75) is 0 Å². The Morgan fingerprint density at radius 2 is 1.50 bits per heavy atom. The predicted octanol–water partition coefficient (Wildman–Crippen LogP) is 1.30. The molecule has 0 bridgehead atoms. The van der Waals surface area contributed by atoms with E-state index in [1.165, 1.54) is 6.07 Å². The average Bonchev–Trinajstić information content (AvgIpc) is 2.84. The Bertz CT molecular complexity index is 1180. The molecule has 2 fully saturated rings. The molecule has 0 radical (unpaired) electrons. The van der Waals surface area contributed by atoms with Crippen LogP contribution in [0, 0.1) is 0 Å². The molecule has 2 aliphatic heterocycles. The molecule has 0 atom stereocenters. The molecule has 2 aliphatic rings. The van der Waals surface area contributed by atoms with Crippen molar-refractivity contribution in [3.05, 3.63) is 58.7 Å². The number of hydrogen-bond donors (Lipinski definition) is 0. The molecule has 0 N–H and O–H groups in total. The van der Waals surface area contributed by atoms with Crippen LogP contribution in [-0.2, 0) is 0 Å². The van der Waals surface area contributed by atoms with E-state index in [2.05, 4.69) is 31.7 Å². The van der Waals surface area contributed by atoms with Crippen LogP contribution in [0.1, 0.15) is 10.6 Å². The lowest BCUT2D eigenvalue weighted by Crippen LogP contribution is -2.49. The lowest BCUT2D eigenvalue weighted by molar-refractivity contribution is 0.0715. The maximum Gasteiger partial charge on any atom is 0.289 e. The minimum Gasteiger partial charge on any atom is -0.451 e. The van der Waals surface area contributed by atoms with E-state index in [9.17, 15) is 9.59 Å². The van der Waals surface area contributed by atoms with Crippen molar-refractivity contribution in [2.75, 3.05) is 69.2 Å². The second kappa shape index (κ2) is 8.58. The van der Waals surface area contributed by atoms with E-state index in [4.69, 9.17) is 4.42 Å². The van der Waals surface area contributed by atoms with Crippen molar-refractivity contribution in [1.82, 2.24) is 19.8 Å².